The Morgan fingerprint density at radius 2 is 2.00 bits per heavy atom. The molecule has 4 nitrogen and oxygen atoms in total. The van der Waals surface area contributed by atoms with Crippen molar-refractivity contribution in [1.82, 2.24) is 5.32 Å². The Labute approximate surface area is 172 Å². The Kier molecular flexibility index (Phi) is 4.95. The molecule has 2 aliphatic heterocycles. The van der Waals surface area contributed by atoms with E-state index in [0.29, 0.717) is 46.1 Å². The van der Waals surface area contributed by atoms with Gasteiger partial charge in [-0.1, -0.05) is 29.8 Å². The molecule has 0 saturated carbocycles. The maximum absolute atomic E-state index is 12.9. The molecule has 0 spiro atoms. The Morgan fingerprint density at radius 3 is 2.75 bits per heavy atom. The van der Waals surface area contributed by atoms with Gasteiger partial charge in [-0.2, -0.15) is 13.2 Å². The lowest BCUT2D eigenvalue weighted by Gasteiger charge is -2.42. The van der Waals surface area contributed by atoms with E-state index in [1.807, 2.05) is 11.0 Å². The van der Waals surface area contributed by atoms with Crippen LogP contribution in [-0.2, 0) is 4.79 Å². The number of hydrogen-bond acceptors (Lipinski definition) is 3. The van der Waals surface area contributed by atoms with Crippen molar-refractivity contribution in [1.29, 1.82) is 0 Å². The highest BCUT2D eigenvalue weighted by Gasteiger charge is 2.44. The number of piperidine rings is 1. The van der Waals surface area contributed by atoms with Crippen molar-refractivity contribution < 1.29 is 22.7 Å². The van der Waals surface area contributed by atoms with Crippen molar-refractivity contribution in [2.75, 3.05) is 11.4 Å². The van der Waals surface area contributed by atoms with E-state index in [1.54, 1.807) is 30.3 Å². The third-order valence-electron chi connectivity index (χ3n) is 4.97. The molecule has 1 fully saturated rings. The van der Waals surface area contributed by atoms with Crippen molar-refractivity contribution in [2.24, 2.45) is 0 Å². The van der Waals surface area contributed by atoms with Crippen LogP contribution in [0.15, 0.2) is 40.9 Å². The second-order valence-electron chi connectivity index (χ2n) is 6.73. The van der Waals surface area contributed by atoms with Crippen molar-refractivity contribution >= 4 is 39.1 Å². The standard InChI is InChI=1S/C19H15BrClF3N2O2/c20-11-8-16-14(9-12(11)21)26-7-3-5-13(25-18(27)19(22,23)24)17(26)10-4-1-2-6-15(10)28-16/h1-2,4,6,8-9,13,17H,3,5,7H2,(H,25,27). The van der Waals surface area contributed by atoms with Gasteiger partial charge in [-0.15, -0.1) is 0 Å². The number of hydrogen-bond donors (Lipinski definition) is 1. The molecule has 2 atom stereocenters. The molecule has 0 aliphatic carbocycles. The Bertz CT molecular complexity index is 938. The molecule has 1 N–H and O–H groups in total. The lowest BCUT2D eigenvalue weighted by Crippen LogP contribution is -2.52. The maximum Gasteiger partial charge on any atom is 0.471 e. The van der Waals surface area contributed by atoms with E-state index in [-0.39, 0.29) is 0 Å². The number of anilines is 1. The van der Waals surface area contributed by atoms with E-state index in [2.05, 4.69) is 21.2 Å². The summed E-state index contributed by atoms with van der Waals surface area (Å²) in [4.78, 5) is 13.6. The molecule has 28 heavy (non-hydrogen) atoms. The van der Waals surface area contributed by atoms with Gasteiger partial charge in [-0.25, -0.2) is 0 Å². The fraction of sp³-hybridized carbons (Fsp3) is 0.316. The van der Waals surface area contributed by atoms with E-state index < -0.39 is 24.2 Å². The van der Waals surface area contributed by atoms with Crippen LogP contribution in [0.4, 0.5) is 18.9 Å². The number of carbonyl (C=O) groups is 1. The molecule has 1 amide bonds. The minimum atomic E-state index is -4.94. The number of nitrogens with one attached hydrogen (secondary N) is 1. The summed E-state index contributed by atoms with van der Waals surface area (Å²) in [5, 5.41) is 2.65. The van der Waals surface area contributed by atoms with E-state index in [4.69, 9.17) is 16.3 Å². The molecule has 0 bridgehead atoms. The van der Waals surface area contributed by atoms with Gasteiger partial charge in [-0.3, -0.25) is 4.79 Å². The van der Waals surface area contributed by atoms with Crippen LogP contribution in [0.25, 0.3) is 0 Å². The number of amides is 1. The Morgan fingerprint density at radius 1 is 1.25 bits per heavy atom. The molecule has 148 valence electrons. The van der Waals surface area contributed by atoms with Crippen LogP contribution in [0.1, 0.15) is 24.4 Å². The van der Waals surface area contributed by atoms with E-state index in [1.165, 1.54) is 0 Å². The molecular formula is C19H15BrClF3N2O2. The van der Waals surface area contributed by atoms with Crippen LogP contribution in [0.3, 0.4) is 0 Å². The minimum absolute atomic E-state index is 0.427. The van der Waals surface area contributed by atoms with Gasteiger partial charge in [0.15, 0.2) is 5.75 Å². The van der Waals surface area contributed by atoms with Gasteiger partial charge in [0, 0.05) is 16.6 Å². The van der Waals surface area contributed by atoms with Gasteiger partial charge >= 0.3 is 12.1 Å². The number of ether oxygens (including phenoxy) is 1. The summed E-state index contributed by atoms with van der Waals surface area (Å²) in [6.07, 6.45) is -3.89. The first-order valence-corrected chi connectivity index (χ1v) is 9.83. The van der Waals surface area contributed by atoms with Crippen LogP contribution in [0.5, 0.6) is 11.5 Å². The van der Waals surface area contributed by atoms with Gasteiger partial charge < -0.3 is 15.0 Å². The molecule has 2 unspecified atom stereocenters. The van der Waals surface area contributed by atoms with Gasteiger partial charge in [0.1, 0.15) is 5.75 Å². The molecule has 2 aromatic rings. The quantitative estimate of drug-likeness (QED) is 0.584. The summed E-state index contributed by atoms with van der Waals surface area (Å²) < 4.78 is 45.3. The third kappa shape index (κ3) is 3.43. The smallest absolute Gasteiger partial charge is 0.455 e. The van der Waals surface area contributed by atoms with Crippen molar-refractivity contribution in [3.63, 3.8) is 0 Å². The average molecular weight is 476 g/mol. The summed E-state index contributed by atoms with van der Waals surface area (Å²) in [5.41, 5.74) is 1.40. The SMILES string of the molecule is O=C(NC1CCCN2c3cc(Cl)c(Br)cc3Oc3ccccc3C12)C(F)(F)F. The molecule has 2 heterocycles. The van der Waals surface area contributed by atoms with Crippen molar-refractivity contribution in [2.45, 2.75) is 31.1 Å². The molecule has 0 aromatic heterocycles. The molecular weight excluding hydrogens is 461 g/mol. The average Bonchev–Trinajstić information content (AvgIpc) is 2.77. The van der Waals surface area contributed by atoms with E-state index in [0.717, 1.165) is 5.56 Å². The molecule has 4 rings (SSSR count). The minimum Gasteiger partial charge on any atom is -0.455 e. The number of nitrogens with zero attached hydrogens (tertiary/aromatic N) is 1. The highest BCUT2D eigenvalue weighted by atomic mass is 79.9. The highest BCUT2D eigenvalue weighted by Crippen LogP contribution is 2.49. The number of alkyl halides is 3. The third-order valence-corrected chi connectivity index (χ3v) is 6.17. The number of para-hydroxylation sites is 1. The summed E-state index contributed by atoms with van der Waals surface area (Å²) in [6.45, 7) is 0.603. The van der Waals surface area contributed by atoms with Crippen molar-refractivity contribution in [3.05, 3.63) is 51.5 Å². The first-order valence-electron chi connectivity index (χ1n) is 8.66. The molecule has 2 aromatic carbocycles. The van der Waals surface area contributed by atoms with Gasteiger partial charge in [0.05, 0.1) is 22.8 Å². The molecule has 9 heteroatoms. The Hall–Kier alpha value is -1.93. The number of halogens is 5. The summed E-state index contributed by atoms with van der Waals surface area (Å²) in [6, 6.07) is 9.43. The molecule has 2 aliphatic rings. The van der Waals surface area contributed by atoms with Gasteiger partial charge in [0.25, 0.3) is 0 Å². The largest absolute Gasteiger partial charge is 0.471 e. The number of carbonyl (C=O) groups excluding carboxylic acids is 1. The molecule has 1 saturated heterocycles. The van der Waals surface area contributed by atoms with E-state index in [9.17, 15) is 18.0 Å². The number of benzene rings is 2. The summed E-state index contributed by atoms with van der Waals surface area (Å²) >= 11 is 9.66. The normalized spacial score (nSPS) is 21.0. The predicted octanol–water partition coefficient (Wildman–Crippen LogP) is 5.60. The summed E-state index contributed by atoms with van der Waals surface area (Å²) in [7, 11) is 0. The zero-order valence-corrected chi connectivity index (χ0v) is 16.7. The zero-order chi connectivity index (χ0) is 20.1. The predicted molar refractivity (Wildman–Crippen MR) is 103 cm³/mol. The van der Waals surface area contributed by atoms with Crippen molar-refractivity contribution in [3.8, 4) is 11.5 Å². The van der Waals surface area contributed by atoms with Crippen LogP contribution < -0.4 is 15.0 Å². The monoisotopic (exact) mass is 474 g/mol. The second-order valence-corrected chi connectivity index (χ2v) is 7.99. The lowest BCUT2D eigenvalue weighted by molar-refractivity contribution is -0.174. The zero-order valence-electron chi connectivity index (χ0n) is 14.4. The van der Waals surface area contributed by atoms with Gasteiger partial charge in [-0.05, 0) is 47.0 Å². The first kappa shape index (κ1) is 19.4. The van der Waals surface area contributed by atoms with Crippen LogP contribution in [-0.4, -0.2) is 24.7 Å². The number of rotatable bonds is 1. The van der Waals surface area contributed by atoms with E-state index >= 15 is 0 Å². The van der Waals surface area contributed by atoms with Crippen LogP contribution >= 0.6 is 27.5 Å². The fourth-order valence-corrected chi connectivity index (χ4v) is 4.29. The fourth-order valence-electron chi connectivity index (χ4n) is 3.81. The summed E-state index contributed by atoms with van der Waals surface area (Å²) in [5.74, 6) is -0.844. The molecule has 0 radical (unpaired) electrons. The maximum atomic E-state index is 12.9. The number of fused-ring (bicyclic) bond motifs is 5. The van der Waals surface area contributed by atoms with Crippen LogP contribution in [0, 0.1) is 0 Å². The second kappa shape index (κ2) is 7.15. The Balaban J connectivity index is 1.83. The first-order chi connectivity index (χ1) is 13.3. The van der Waals surface area contributed by atoms with Crippen LogP contribution in [0.2, 0.25) is 5.02 Å². The lowest BCUT2D eigenvalue weighted by atomic mass is 9.89. The topological polar surface area (TPSA) is 41.6 Å². The van der Waals surface area contributed by atoms with Gasteiger partial charge in [0.2, 0.25) is 0 Å². The highest BCUT2D eigenvalue weighted by molar-refractivity contribution is 9.10.